The number of benzene rings is 3. The summed E-state index contributed by atoms with van der Waals surface area (Å²) in [5, 5.41) is 11.2. The summed E-state index contributed by atoms with van der Waals surface area (Å²) >= 11 is 0. The van der Waals surface area contributed by atoms with Gasteiger partial charge in [-0.2, -0.15) is 13.2 Å². The Morgan fingerprint density at radius 3 is 2.38 bits per heavy atom. The summed E-state index contributed by atoms with van der Waals surface area (Å²) in [5.41, 5.74) is -0.971. The summed E-state index contributed by atoms with van der Waals surface area (Å²) in [6.07, 6.45) is -4.61. The summed E-state index contributed by atoms with van der Waals surface area (Å²) in [6, 6.07) is 12.8. The lowest BCUT2D eigenvalue weighted by atomic mass is 9.94. The van der Waals surface area contributed by atoms with Crippen molar-refractivity contribution in [2.75, 3.05) is 14.2 Å². The van der Waals surface area contributed by atoms with Gasteiger partial charge in [0.05, 0.1) is 37.0 Å². The number of hydrogen-bond donors (Lipinski definition) is 1. The molecule has 1 atom stereocenters. The van der Waals surface area contributed by atoms with Crippen LogP contribution in [0.3, 0.4) is 0 Å². The van der Waals surface area contributed by atoms with Crippen LogP contribution in [0.2, 0.25) is 0 Å². The highest BCUT2D eigenvalue weighted by molar-refractivity contribution is 6.46. The van der Waals surface area contributed by atoms with Crippen molar-refractivity contribution < 1.29 is 41.7 Å². The van der Waals surface area contributed by atoms with Gasteiger partial charge in [-0.25, -0.2) is 4.39 Å². The molecule has 37 heavy (non-hydrogen) atoms. The second-order valence-corrected chi connectivity index (χ2v) is 8.25. The highest BCUT2D eigenvalue weighted by atomic mass is 19.4. The molecule has 3 aromatic rings. The summed E-state index contributed by atoms with van der Waals surface area (Å²) in [4.78, 5) is 27.4. The molecule has 192 valence electrons. The van der Waals surface area contributed by atoms with Gasteiger partial charge in [0.2, 0.25) is 0 Å². The molecule has 10 heteroatoms. The SMILES string of the molecule is COc1cccc(C2/C(=C(\O)c3cc(F)ccc3OC)C(=O)C(=O)N2Cc2cccc(C(F)(F)F)c2)c1. The van der Waals surface area contributed by atoms with Crippen LogP contribution in [0.1, 0.15) is 28.3 Å². The molecule has 1 heterocycles. The van der Waals surface area contributed by atoms with E-state index in [0.29, 0.717) is 11.3 Å². The number of Topliss-reactive ketones (excluding diaryl/α,β-unsaturated/α-hetero) is 1. The molecule has 0 radical (unpaired) electrons. The molecule has 1 saturated heterocycles. The minimum atomic E-state index is -4.61. The van der Waals surface area contributed by atoms with Crippen molar-refractivity contribution in [2.45, 2.75) is 18.8 Å². The van der Waals surface area contributed by atoms with E-state index in [1.54, 1.807) is 18.2 Å². The topological polar surface area (TPSA) is 76.1 Å². The maximum atomic E-state index is 14.1. The molecule has 0 bridgehead atoms. The van der Waals surface area contributed by atoms with Gasteiger partial charge in [-0.15, -0.1) is 0 Å². The third kappa shape index (κ3) is 5.00. The Morgan fingerprint density at radius 1 is 0.973 bits per heavy atom. The molecule has 1 N–H and O–H groups in total. The van der Waals surface area contributed by atoms with Gasteiger partial charge in [0.15, 0.2) is 0 Å². The van der Waals surface area contributed by atoms with Gasteiger partial charge in [-0.1, -0.05) is 24.3 Å². The second kappa shape index (κ2) is 9.96. The van der Waals surface area contributed by atoms with E-state index in [4.69, 9.17) is 9.47 Å². The molecule has 0 aromatic heterocycles. The largest absolute Gasteiger partial charge is 0.507 e. The van der Waals surface area contributed by atoms with E-state index in [1.165, 1.54) is 38.5 Å². The van der Waals surface area contributed by atoms with Crippen LogP contribution in [0.4, 0.5) is 17.6 Å². The van der Waals surface area contributed by atoms with Crippen LogP contribution in [-0.4, -0.2) is 35.9 Å². The first-order chi connectivity index (χ1) is 17.5. The Kier molecular flexibility index (Phi) is 6.93. The number of methoxy groups -OCH3 is 2. The van der Waals surface area contributed by atoms with Crippen molar-refractivity contribution in [1.29, 1.82) is 0 Å². The number of halogens is 4. The van der Waals surface area contributed by atoms with E-state index in [2.05, 4.69) is 0 Å². The second-order valence-electron chi connectivity index (χ2n) is 8.25. The molecular formula is C27H21F4NO5. The number of ether oxygens (including phenoxy) is 2. The maximum absolute atomic E-state index is 14.1. The van der Waals surface area contributed by atoms with E-state index >= 15 is 0 Å². The molecule has 1 aliphatic heterocycles. The lowest BCUT2D eigenvalue weighted by molar-refractivity contribution is -0.140. The van der Waals surface area contributed by atoms with Crippen molar-refractivity contribution in [3.05, 3.63) is 100 Å². The minimum Gasteiger partial charge on any atom is -0.507 e. The normalized spacial score (nSPS) is 17.2. The Labute approximate surface area is 209 Å². The van der Waals surface area contributed by atoms with Crippen LogP contribution in [0.5, 0.6) is 11.5 Å². The number of ketones is 1. The van der Waals surface area contributed by atoms with Gasteiger partial charge in [0.1, 0.15) is 23.1 Å². The zero-order valence-corrected chi connectivity index (χ0v) is 19.7. The highest BCUT2D eigenvalue weighted by Gasteiger charge is 2.46. The predicted octanol–water partition coefficient (Wildman–Crippen LogP) is 5.48. The summed E-state index contributed by atoms with van der Waals surface area (Å²) in [6.45, 7) is -0.368. The number of amides is 1. The molecule has 0 aliphatic carbocycles. The maximum Gasteiger partial charge on any atom is 0.416 e. The van der Waals surface area contributed by atoms with Crippen LogP contribution >= 0.6 is 0 Å². The number of nitrogens with zero attached hydrogens (tertiary/aromatic N) is 1. The number of carbonyl (C=O) groups is 2. The van der Waals surface area contributed by atoms with Gasteiger partial charge < -0.3 is 19.5 Å². The number of likely N-dealkylation sites (tertiary alicyclic amines) is 1. The third-order valence-electron chi connectivity index (χ3n) is 5.97. The quantitative estimate of drug-likeness (QED) is 0.204. The molecule has 0 saturated carbocycles. The zero-order valence-electron chi connectivity index (χ0n) is 19.7. The van der Waals surface area contributed by atoms with Gasteiger partial charge in [-0.3, -0.25) is 9.59 Å². The summed E-state index contributed by atoms with van der Waals surface area (Å²) in [7, 11) is 2.70. The van der Waals surface area contributed by atoms with E-state index < -0.39 is 41.0 Å². The third-order valence-corrected chi connectivity index (χ3v) is 5.97. The van der Waals surface area contributed by atoms with E-state index in [9.17, 15) is 32.3 Å². The molecule has 4 rings (SSSR count). The molecule has 1 fully saturated rings. The number of aliphatic hydroxyl groups excluding tert-OH is 1. The summed E-state index contributed by atoms with van der Waals surface area (Å²) < 4.78 is 64.3. The van der Waals surface area contributed by atoms with Crippen LogP contribution < -0.4 is 9.47 Å². The van der Waals surface area contributed by atoms with Crippen molar-refractivity contribution >= 4 is 17.4 Å². The lowest BCUT2D eigenvalue weighted by Gasteiger charge is -2.26. The molecule has 6 nitrogen and oxygen atoms in total. The predicted molar refractivity (Wildman–Crippen MR) is 125 cm³/mol. The van der Waals surface area contributed by atoms with Gasteiger partial charge >= 0.3 is 6.18 Å². The smallest absolute Gasteiger partial charge is 0.416 e. The fraction of sp³-hybridized carbons (Fsp3) is 0.185. The van der Waals surface area contributed by atoms with Crippen molar-refractivity contribution in [1.82, 2.24) is 4.90 Å². The Morgan fingerprint density at radius 2 is 1.70 bits per heavy atom. The molecular weight excluding hydrogens is 494 g/mol. The molecule has 1 aliphatic rings. The Hall–Kier alpha value is -4.34. The van der Waals surface area contributed by atoms with E-state index in [1.807, 2.05) is 0 Å². The number of aliphatic hydroxyl groups is 1. The van der Waals surface area contributed by atoms with Gasteiger partial charge in [-0.05, 0) is 53.6 Å². The first kappa shape index (κ1) is 25.7. The number of carbonyl (C=O) groups excluding carboxylic acids is 2. The molecule has 1 unspecified atom stereocenters. The van der Waals surface area contributed by atoms with Crippen molar-refractivity contribution in [3.63, 3.8) is 0 Å². The lowest BCUT2D eigenvalue weighted by Crippen LogP contribution is -2.29. The monoisotopic (exact) mass is 515 g/mol. The fourth-order valence-electron chi connectivity index (χ4n) is 4.25. The van der Waals surface area contributed by atoms with Crippen LogP contribution in [-0.2, 0) is 22.3 Å². The summed E-state index contributed by atoms with van der Waals surface area (Å²) in [5.74, 6) is -3.10. The standard InChI is InChI=1S/C27H21F4NO5/c1-36-19-8-4-6-16(12-19)23-22(24(33)20-13-18(28)9-10-21(20)37-2)25(34)26(35)32(23)14-15-5-3-7-17(11-15)27(29,30)31/h3-13,23,33H,14H2,1-2H3/b24-22+. The Bertz CT molecular complexity index is 1400. The highest BCUT2D eigenvalue weighted by Crippen LogP contribution is 2.42. The average molecular weight is 515 g/mol. The minimum absolute atomic E-state index is 0.0485. The molecule has 1 amide bonds. The number of rotatable bonds is 6. The van der Waals surface area contributed by atoms with E-state index in [-0.39, 0.29) is 29.0 Å². The molecule has 0 spiro atoms. The van der Waals surface area contributed by atoms with Crippen LogP contribution in [0.25, 0.3) is 5.76 Å². The van der Waals surface area contributed by atoms with Crippen LogP contribution in [0.15, 0.2) is 72.3 Å². The van der Waals surface area contributed by atoms with Gasteiger partial charge in [0, 0.05) is 6.54 Å². The zero-order chi connectivity index (χ0) is 26.9. The van der Waals surface area contributed by atoms with Crippen molar-refractivity contribution in [3.8, 4) is 11.5 Å². The fourth-order valence-corrected chi connectivity index (χ4v) is 4.25. The first-order valence-corrected chi connectivity index (χ1v) is 11.0. The van der Waals surface area contributed by atoms with E-state index in [0.717, 1.165) is 29.2 Å². The van der Waals surface area contributed by atoms with Crippen molar-refractivity contribution in [2.24, 2.45) is 0 Å². The van der Waals surface area contributed by atoms with Gasteiger partial charge in [0.25, 0.3) is 11.7 Å². The number of alkyl halides is 3. The average Bonchev–Trinajstić information content (AvgIpc) is 3.13. The Balaban J connectivity index is 1.90. The first-order valence-electron chi connectivity index (χ1n) is 11.0. The van der Waals surface area contributed by atoms with Crippen LogP contribution in [0, 0.1) is 5.82 Å². The number of hydrogen-bond acceptors (Lipinski definition) is 5. The molecule has 3 aromatic carbocycles.